The largest absolute Gasteiger partial charge is 0 e. The van der Waals surface area contributed by atoms with E-state index in [-0.39, 0.29) is 17.1 Å². The minimum Gasteiger partial charge on any atom is 0 e. The molecule has 0 saturated heterocycles. The predicted molar refractivity (Wildman–Crippen MR) is 32.4 cm³/mol. The van der Waals surface area contributed by atoms with Gasteiger partial charge in [0.1, 0.15) is 0 Å². The van der Waals surface area contributed by atoms with Crippen molar-refractivity contribution in [2.45, 2.75) is 0 Å². The van der Waals surface area contributed by atoms with E-state index in [0.29, 0.717) is 12.2 Å². The second-order valence-electron chi connectivity index (χ2n) is 1.25. The monoisotopic (exact) mass is 273 g/mol. The second-order valence-corrected chi connectivity index (χ2v) is 1.72. The Morgan fingerprint density at radius 3 is 1.15 bits per heavy atom. The van der Waals surface area contributed by atoms with Gasteiger partial charge >= 0.3 is 42.7 Å². The van der Waals surface area contributed by atoms with E-state index in [0.717, 1.165) is 0 Å². The Bertz CT molecular complexity index is 191. The van der Waals surface area contributed by atoms with Crippen LogP contribution in [0.5, 0.6) is 0 Å². The van der Waals surface area contributed by atoms with Gasteiger partial charge < -0.3 is 10.2 Å². The zero-order chi connectivity index (χ0) is 10.1. The van der Waals surface area contributed by atoms with Gasteiger partial charge in [0.2, 0.25) is 0 Å². The van der Waals surface area contributed by atoms with E-state index in [1.807, 2.05) is 0 Å². The molecule has 13 heavy (non-hydrogen) atoms. The fraction of sp³-hybridized carbons (Fsp3) is 0. The Morgan fingerprint density at radius 1 is 0.923 bits per heavy atom. The average Bonchev–Trinajstić information content (AvgIpc) is 1.82. The molecule has 0 saturated carbocycles. The van der Waals surface area contributed by atoms with Crippen LogP contribution in [0.15, 0.2) is 12.2 Å². The Morgan fingerprint density at radius 2 is 1.08 bits per heavy atom. The van der Waals surface area contributed by atoms with Crippen molar-refractivity contribution in [3.8, 4) is 0 Å². The van der Waals surface area contributed by atoms with E-state index >= 15 is 0 Å². The van der Waals surface area contributed by atoms with Crippen molar-refractivity contribution in [1.82, 2.24) is 0 Å². The standard InChI is InChI=1S/C4H4O4.CHO2.2Fe/c5-3(6)1-2-4(7)8;2-1-3;;/h1-2H,(H,5,6)(H,7,8);(H,2,3);;/b2-1+;;;. The number of carboxylic acid groups (broad SMARTS) is 3. The Hall–Kier alpha value is -0.811. The number of hydrogen-bond donors (Lipinski definition) is 3. The molecule has 0 bridgehead atoms. The number of carbonyl (C=O) groups is 3. The predicted octanol–water partition coefficient (Wildman–Crippen LogP) is -0.0795. The third-order valence-electron chi connectivity index (χ3n) is 0.368. The summed E-state index contributed by atoms with van der Waals surface area (Å²) in [5.41, 5.74) is 0. The van der Waals surface area contributed by atoms with E-state index in [1.165, 1.54) is 0 Å². The van der Waals surface area contributed by atoms with Crippen LogP contribution in [0.4, 0.5) is 4.79 Å². The summed E-state index contributed by atoms with van der Waals surface area (Å²) in [7, 11) is 0. The van der Waals surface area contributed by atoms with Gasteiger partial charge in [0, 0.05) is 29.2 Å². The van der Waals surface area contributed by atoms with Crippen LogP contribution in [0.25, 0.3) is 0 Å². The zero-order valence-corrected chi connectivity index (χ0v) is 8.14. The van der Waals surface area contributed by atoms with E-state index in [1.54, 1.807) is 0 Å². The van der Waals surface area contributed by atoms with E-state index < -0.39 is 16.8 Å². The van der Waals surface area contributed by atoms with Gasteiger partial charge in [-0.15, -0.1) is 0 Å². The van der Waals surface area contributed by atoms with Gasteiger partial charge in [0.05, 0.1) is 0 Å². The van der Waals surface area contributed by atoms with Gasteiger partial charge in [-0.25, -0.2) is 9.59 Å². The number of hydrogen-bond acceptors (Lipinski definition) is 3. The SMILES string of the molecule is O=C(O)/C=C/C(=O)O.O=[C](O)[Fe].[Fe]. The van der Waals surface area contributed by atoms with Gasteiger partial charge in [0.15, 0.2) is 0 Å². The van der Waals surface area contributed by atoms with Crippen molar-refractivity contribution in [3.63, 3.8) is 0 Å². The first-order valence-corrected chi connectivity index (χ1v) is 2.92. The molecular weight excluding hydrogens is 268 g/mol. The molecule has 0 rings (SSSR count). The molecular formula is C5H5Fe2O6. The maximum atomic E-state index is 9.55. The molecule has 0 spiro atoms. The minimum absolute atomic E-state index is 0. The summed E-state index contributed by atoms with van der Waals surface area (Å²) in [6.45, 7) is 0. The molecule has 0 radical (unpaired) electrons. The second kappa shape index (κ2) is 11.2. The first-order chi connectivity index (χ1) is 5.36. The van der Waals surface area contributed by atoms with E-state index in [9.17, 15) is 9.59 Å². The summed E-state index contributed by atoms with van der Waals surface area (Å²) in [5.74, 6) is -2.51. The molecule has 0 heterocycles. The smallest absolute Gasteiger partial charge is 0 e. The fourth-order valence-corrected chi connectivity index (χ4v) is 0.143. The molecule has 0 amide bonds. The summed E-state index contributed by atoms with van der Waals surface area (Å²) in [6.07, 6.45) is 1.12. The van der Waals surface area contributed by atoms with Gasteiger partial charge in [-0.05, 0) is 0 Å². The molecule has 0 aromatic heterocycles. The molecule has 0 aliphatic carbocycles. The molecule has 0 aromatic carbocycles. The van der Waals surface area contributed by atoms with Gasteiger partial charge in [0.25, 0.3) is 0 Å². The summed E-state index contributed by atoms with van der Waals surface area (Å²) in [5, 5.41) is 22.9. The van der Waals surface area contributed by atoms with E-state index in [4.69, 9.17) is 20.1 Å². The van der Waals surface area contributed by atoms with Gasteiger partial charge in [-0.1, -0.05) is 0 Å². The fourth-order valence-electron chi connectivity index (χ4n) is 0.143. The van der Waals surface area contributed by atoms with Crippen LogP contribution in [0, 0.1) is 0 Å². The van der Waals surface area contributed by atoms with Crippen molar-refractivity contribution in [2.75, 3.05) is 0 Å². The van der Waals surface area contributed by atoms with Crippen molar-refractivity contribution in [3.05, 3.63) is 12.2 Å². The third-order valence-corrected chi connectivity index (χ3v) is 0.368. The molecule has 0 aliphatic rings. The topological polar surface area (TPSA) is 112 Å². The maximum Gasteiger partial charge on any atom is 0 e. The minimum atomic E-state index is -1.26. The normalized spacial score (nSPS) is 7.77. The van der Waals surface area contributed by atoms with Crippen LogP contribution in [0.1, 0.15) is 0 Å². The van der Waals surface area contributed by atoms with Crippen LogP contribution in [-0.2, 0) is 42.7 Å². The number of carboxylic acids is 2. The Kier molecular flexibility index (Phi) is 15.6. The number of aliphatic carboxylic acids is 2. The van der Waals surface area contributed by atoms with Crippen LogP contribution in [0.3, 0.4) is 0 Å². The zero-order valence-electron chi connectivity index (χ0n) is 5.93. The number of rotatable bonds is 2. The van der Waals surface area contributed by atoms with Crippen molar-refractivity contribution in [2.24, 2.45) is 0 Å². The van der Waals surface area contributed by atoms with Crippen LogP contribution >= 0.6 is 0 Å². The van der Waals surface area contributed by atoms with Crippen LogP contribution < -0.4 is 0 Å². The summed E-state index contributed by atoms with van der Waals surface area (Å²) >= 11 is 2.56. The first-order valence-electron chi connectivity index (χ1n) is 2.37. The van der Waals surface area contributed by atoms with Gasteiger partial charge in [-0.2, -0.15) is 0 Å². The molecule has 0 aliphatic heterocycles. The van der Waals surface area contributed by atoms with Crippen LogP contribution in [-0.4, -0.2) is 32.1 Å². The van der Waals surface area contributed by atoms with Crippen molar-refractivity contribution >= 4 is 16.8 Å². The maximum absolute atomic E-state index is 9.55. The summed E-state index contributed by atoms with van der Waals surface area (Å²) in [6, 6.07) is 0. The van der Waals surface area contributed by atoms with Gasteiger partial charge in [-0.3, -0.25) is 0 Å². The summed E-state index contributed by atoms with van der Waals surface area (Å²) in [4.78, 5) is 26.9. The van der Waals surface area contributed by atoms with Crippen molar-refractivity contribution < 1.29 is 62.8 Å². The third kappa shape index (κ3) is 53.8. The average molecular weight is 273 g/mol. The molecule has 0 atom stereocenters. The Labute approximate surface area is 91.9 Å². The Balaban J connectivity index is -0.000000173. The van der Waals surface area contributed by atoms with E-state index in [2.05, 4.69) is 16.0 Å². The molecule has 77 valence electrons. The molecule has 8 heteroatoms. The molecule has 0 unspecified atom stereocenters. The molecule has 0 fully saturated rings. The molecule has 6 nitrogen and oxygen atoms in total. The molecule has 0 aromatic rings. The van der Waals surface area contributed by atoms with Crippen LogP contribution in [0.2, 0.25) is 0 Å². The summed E-state index contributed by atoms with van der Waals surface area (Å²) < 4.78 is 0. The first kappa shape index (κ1) is 18.1. The quantitative estimate of drug-likeness (QED) is 0.479. The molecule has 3 N–H and O–H groups in total. The van der Waals surface area contributed by atoms with Crippen molar-refractivity contribution in [1.29, 1.82) is 0 Å².